The SMILES string of the molecule is Cc1nc2c(CN(C)C)c[nH]n2c(=O)c1C(C)C. The lowest BCUT2D eigenvalue weighted by Crippen LogP contribution is -2.23. The van der Waals surface area contributed by atoms with Crippen molar-refractivity contribution in [2.45, 2.75) is 33.2 Å². The van der Waals surface area contributed by atoms with Crippen LogP contribution in [-0.2, 0) is 6.54 Å². The first-order valence-corrected chi connectivity index (χ1v) is 6.16. The van der Waals surface area contributed by atoms with E-state index in [0.717, 1.165) is 29.0 Å². The summed E-state index contributed by atoms with van der Waals surface area (Å²) in [5.41, 5.74) is 3.39. The van der Waals surface area contributed by atoms with E-state index in [2.05, 4.69) is 15.0 Å². The van der Waals surface area contributed by atoms with Crippen LogP contribution in [0.25, 0.3) is 5.65 Å². The lowest BCUT2D eigenvalue weighted by Gasteiger charge is -2.10. The number of nitrogens with one attached hydrogen (secondary N) is 1. The predicted molar refractivity (Wildman–Crippen MR) is 72.0 cm³/mol. The van der Waals surface area contributed by atoms with Crippen LogP contribution >= 0.6 is 0 Å². The number of fused-ring (bicyclic) bond motifs is 1. The van der Waals surface area contributed by atoms with Crippen molar-refractivity contribution in [3.63, 3.8) is 0 Å². The van der Waals surface area contributed by atoms with Crippen LogP contribution in [0.2, 0.25) is 0 Å². The van der Waals surface area contributed by atoms with Gasteiger partial charge in [-0.3, -0.25) is 9.89 Å². The van der Waals surface area contributed by atoms with Gasteiger partial charge in [-0.15, -0.1) is 0 Å². The van der Waals surface area contributed by atoms with Gasteiger partial charge >= 0.3 is 0 Å². The molecule has 0 aliphatic heterocycles. The Hall–Kier alpha value is -1.62. The van der Waals surface area contributed by atoms with Crippen LogP contribution < -0.4 is 5.56 Å². The summed E-state index contributed by atoms with van der Waals surface area (Å²) in [7, 11) is 3.99. The minimum absolute atomic E-state index is 0.0116. The molecule has 0 atom stereocenters. The molecule has 5 nitrogen and oxygen atoms in total. The van der Waals surface area contributed by atoms with Crippen molar-refractivity contribution in [2.75, 3.05) is 14.1 Å². The molecule has 0 aliphatic rings. The van der Waals surface area contributed by atoms with Gasteiger partial charge in [0, 0.05) is 29.6 Å². The van der Waals surface area contributed by atoms with Gasteiger partial charge in [0.1, 0.15) is 0 Å². The highest BCUT2D eigenvalue weighted by molar-refractivity contribution is 5.48. The molecule has 1 N–H and O–H groups in total. The van der Waals surface area contributed by atoms with Crippen molar-refractivity contribution in [1.82, 2.24) is 19.5 Å². The van der Waals surface area contributed by atoms with Gasteiger partial charge in [0.05, 0.1) is 0 Å². The highest BCUT2D eigenvalue weighted by Gasteiger charge is 2.15. The number of rotatable bonds is 3. The summed E-state index contributed by atoms with van der Waals surface area (Å²) >= 11 is 0. The molecule has 0 amide bonds. The number of hydrogen-bond acceptors (Lipinski definition) is 3. The first kappa shape index (κ1) is 12.8. The van der Waals surface area contributed by atoms with Gasteiger partial charge < -0.3 is 4.90 Å². The maximum atomic E-state index is 12.4. The second kappa shape index (κ2) is 4.57. The Morgan fingerprint density at radius 3 is 2.67 bits per heavy atom. The predicted octanol–water partition coefficient (Wildman–Crippen LogP) is 1.52. The Morgan fingerprint density at radius 1 is 1.44 bits per heavy atom. The van der Waals surface area contributed by atoms with Crippen LogP contribution in [0, 0.1) is 6.92 Å². The average Bonchev–Trinajstić information content (AvgIpc) is 2.60. The summed E-state index contributed by atoms with van der Waals surface area (Å²) in [6.07, 6.45) is 1.85. The second-order valence-electron chi connectivity index (χ2n) is 5.27. The van der Waals surface area contributed by atoms with E-state index < -0.39 is 0 Å². The topological polar surface area (TPSA) is 53.4 Å². The molecule has 0 fully saturated rings. The molecule has 0 aromatic carbocycles. The molecule has 98 valence electrons. The summed E-state index contributed by atoms with van der Waals surface area (Å²) in [6, 6.07) is 0. The second-order valence-corrected chi connectivity index (χ2v) is 5.27. The van der Waals surface area contributed by atoms with Crippen molar-refractivity contribution in [1.29, 1.82) is 0 Å². The fourth-order valence-electron chi connectivity index (χ4n) is 2.30. The van der Waals surface area contributed by atoms with Crippen molar-refractivity contribution < 1.29 is 0 Å². The summed E-state index contributed by atoms with van der Waals surface area (Å²) in [6.45, 7) is 6.70. The third-order valence-electron chi connectivity index (χ3n) is 3.03. The molecule has 0 saturated carbocycles. The Bertz CT molecular complexity index is 622. The Labute approximate surface area is 106 Å². The van der Waals surface area contributed by atoms with E-state index >= 15 is 0 Å². The van der Waals surface area contributed by atoms with E-state index in [1.807, 2.05) is 41.1 Å². The molecule has 2 heterocycles. The maximum absolute atomic E-state index is 12.4. The van der Waals surface area contributed by atoms with E-state index in [-0.39, 0.29) is 11.5 Å². The number of aryl methyl sites for hydroxylation is 1. The first-order valence-electron chi connectivity index (χ1n) is 6.16. The minimum Gasteiger partial charge on any atom is -0.305 e. The summed E-state index contributed by atoms with van der Waals surface area (Å²) in [5, 5.41) is 3.00. The zero-order valence-corrected chi connectivity index (χ0v) is 11.6. The maximum Gasteiger partial charge on any atom is 0.276 e. The monoisotopic (exact) mass is 248 g/mol. The molecular weight excluding hydrogens is 228 g/mol. The number of aromatic nitrogens is 3. The van der Waals surface area contributed by atoms with E-state index in [9.17, 15) is 4.79 Å². The summed E-state index contributed by atoms with van der Waals surface area (Å²) in [4.78, 5) is 19.0. The summed E-state index contributed by atoms with van der Waals surface area (Å²) < 4.78 is 1.54. The molecule has 0 radical (unpaired) electrons. The van der Waals surface area contributed by atoms with E-state index in [0.29, 0.717) is 0 Å². The molecule has 18 heavy (non-hydrogen) atoms. The fraction of sp³-hybridized carbons (Fsp3) is 0.538. The van der Waals surface area contributed by atoms with Gasteiger partial charge in [0.15, 0.2) is 5.65 Å². The van der Waals surface area contributed by atoms with Crippen molar-refractivity contribution >= 4 is 5.65 Å². The molecule has 2 aromatic heterocycles. The molecule has 0 saturated heterocycles. The minimum atomic E-state index is 0.0116. The van der Waals surface area contributed by atoms with Crippen LogP contribution in [0.5, 0.6) is 0 Å². The number of nitrogens with zero attached hydrogens (tertiary/aromatic N) is 3. The quantitative estimate of drug-likeness (QED) is 0.896. The molecule has 0 aliphatic carbocycles. The highest BCUT2D eigenvalue weighted by Crippen LogP contribution is 2.16. The zero-order chi connectivity index (χ0) is 13.4. The van der Waals surface area contributed by atoms with Gasteiger partial charge in [0.25, 0.3) is 5.56 Å². The van der Waals surface area contributed by atoms with Crippen LogP contribution in [-0.4, -0.2) is 33.6 Å². The van der Waals surface area contributed by atoms with Crippen LogP contribution in [0.4, 0.5) is 0 Å². The van der Waals surface area contributed by atoms with Gasteiger partial charge in [-0.05, 0) is 26.9 Å². The smallest absolute Gasteiger partial charge is 0.276 e. The van der Waals surface area contributed by atoms with E-state index in [1.165, 1.54) is 0 Å². The van der Waals surface area contributed by atoms with E-state index in [4.69, 9.17) is 0 Å². The molecule has 0 bridgehead atoms. The van der Waals surface area contributed by atoms with E-state index in [1.54, 1.807) is 4.52 Å². The molecule has 5 heteroatoms. The van der Waals surface area contributed by atoms with Crippen molar-refractivity contribution in [2.24, 2.45) is 0 Å². The molecule has 2 aromatic rings. The first-order chi connectivity index (χ1) is 8.41. The number of H-pyrrole nitrogens is 1. The van der Waals surface area contributed by atoms with Crippen molar-refractivity contribution in [3.05, 3.63) is 33.4 Å². The number of hydrogen-bond donors (Lipinski definition) is 1. The fourth-order valence-corrected chi connectivity index (χ4v) is 2.30. The standard InChI is InChI=1S/C13H20N4O/c1-8(2)11-9(3)15-12-10(7-16(4)5)6-14-17(12)13(11)18/h6,8,14H,7H2,1-5H3. The third-order valence-corrected chi connectivity index (χ3v) is 3.03. The van der Waals surface area contributed by atoms with Crippen LogP contribution in [0.15, 0.2) is 11.0 Å². The Balaban J connectivity index is 2.68. The number of aromatic amines is 1. The lowest BCUT2D eigenvalue weighted by atomic mass is 10.0. The van der Waals surface area contributed by atoms with Gasteiger partial charge in [-0.1, -0.05) is 13.8 Å². The largest absolute Gasteiger partial charge is 0.305 e. The molecule has 0 unspecified atom stereocenters. The van der Waals surface area contributed by atoms with Crippen LogP contribution in [0.3, 0.4) is 0 Å². The zero-order valence-electron chi connectivity index (χ0n) is 11.6. The normalized spacial score (nSPS) is 11.9. The van der Waals surface area contributed by atoms with Crippen molar-refractivity contribution in [3.8, 4) is 0 Å². The van der Waals surface area contributed by atoms with Crippen LogP contribution in [0.1, 0.15) is 36.6 Å². The van der Waals surface area contributed by atoms with Gasteiger partial charge in [-0.25, -0.2) is 9.50 Å². The Morgan fingerprint density at radius 2 is 2.11 bits per heavy atom. The average molecular weight is 248 g/mol. The highest BCUT2D eigenvalue weighted by atomic mass is 16.1. The third kappa shape index (κ3) is 2.06. The molecule has 0 spiro atoms. The van der Waals surface area contributed by atoms with Gasteiger partial charge in [-0.2, -0.15) is 0 Å². The summed E-state index contributed by atoms with van der Waals surface area (Å²) in [5.74, 6) is 0.183. The Kier molecular flexibility index (Phi) is 3.26. The van der Waals surface area contributed by atoms with Gasteiger partial charge in [0.2, 0.25) is 0 Å². The lowest BCUT2D eigenvalue weighted by molar-refractivity contribution is 0.403. The molecular formula is C13H20N4O. The molecule has 2 rings (SSSR count).